The average Bonchev–Trinajstić information content (AvgIpc) is 2.52. The molecule has 0 aliphatic carbocycles. The standard InChI is InChI=1S/C10H17N3O2/c1-7-9(15-8(2)13-7)10(14)12-6-4-5-11-3/h11H,4-6H2,1-3H3,(H,12,14). The van der Waals surface area contributed by atoms with Crippen molar-refractivity contribution in [3.63, 3.8) is 0 Å². The zero-order valence-electron chi connectivity index (χ0n) is 9.39. The number of nitrogens with zero attached hydrogens (tertiary/aromatic N) is 1. The molecule has 0 aliphatic heterocycles. The zero-order valence-corrected chi connectivity index (χ0v) is 9.39. The average molecular weight is 211 g/mol. The minimum absolute atomic E-state index is 0.191. The zero-order chi connectivity index (χ0) is 11.3. The Balaban J connectivity index is 2.43. The highest BCUT2D eigenvalue weighted by Crippen LogP contribution is 2.08. The summed E-state index contributed by atoms with van der Waals surface area (Å²) in [6.45, 7) is 5.01. The smallest absolute Gasteiger partial charge is 0.289 e. The van der Waals surface area contributed by atoms with Crippen molar-refractivity contribution in [2.75, 3.05) is 20.1 Å². The second kappa shape index (κ2) is 5.50. The van der Waals surface area contributed by atoms with Gasteiger partial charge >= 0.3 is 0 Å². The van der Waals surface area contributed by atoms with Crippen molar-refractivity contribution >= 4 is 5.91 Å². The predicted molar refractivity (Wildman–Crippen MR) is 56.9 cm³/mol. The van der Waals surface area contributed by atoms with E-state index in [1.54, 1.807) is 13.8 Å². The molecule has 0 fully saturated rings. The van der Waals surface area contributed by atoms with E-state index in [2.05, 4.69) is 15.6 Å². The lowest BCUT2D eigenvalue weighted by Crippen LogP contribution is -2.26. The number of nitrogens with one attached hydrogen (secondary N) is 2. The summed E-state index contributed by atoms with van der Waals surface area (Å²) in [6, 6.07) is 0. The van der Waals surface area contributed by atoms with Gasteiger partial charge in [-0.3, -0.25) is 4.79 Å². The normalized spacial score (nSPS) is 10.3. The van der Waals surface area contributed by atoms with E-state index in [-0.39, 0.29) is 5.91 Å². The summed E-state index contributed by atoms with van der Waals surface area (Å²) in [5, 5.41) is 5.78. The van der Waals surface area contributed by atoms with Crippen LogP contribution in [0.15, 0.2) is 4.42 Å². The van der Waals surface area contributed by atoms with Gasteiger partial charge in [-0.25, -0.2) is 4.98 Å². The van der Waals surface area contributed by atoms with Crippen LogP contribution in [-0.2, 0) is 0 Å². The fourth-order valence-corrected chi connectivity index (χ4v) is 1.29. The first kappa shape index (κ1) is 11.7. The van der Waals surface area contributed by atoms with E-state index in [4.69, 9.17) is 4.42 Å². The number of hydrogen-bond donors (Lipinski definition) is 2. The maximum atomic E-state index is 11.6. The molecule has 0 radical (unpaired) electrons. The van der Waals surface area contributed by atoms with Gasteiger partial charge in [0.2, 0.25) is 5.76 Å². The van der Waals surface area contributed by atoms with Gasteiger partial charge in [-0.05, 0) is 26.9 Å². The molecule has 0 aliphatic rings. The molecule has 1 rings (SSSR count). The molecule has 5 nitrogen and oxygen atoms in total. The van der Waals surface area contributed by atoms with Crippen LogP contribution in [0, 0.1) is 13.8 Å². The summed E-state index contributed by atoms with van der Waals surface area (Å²) < 4.78 is 5.19. The van der Waals surface area contributed by atoms with Gasteiger partial charge in [0.05, 0.1) is 5.69 Å². The third kappa shape index (κ3) is 3.36. The highest BCUT2D eigenvalue weighted by Gasteiger charge is 2.14. The SMILES string of the molecule is CNCCCNC(=O)c1oc(C)nc1C. The maximum absolute atomic E-state index is 11.6. The summed E-state index contributed by atoms with van der Waals surface area (Å²) >= 11 is 0. The van der Waals surface area contributed by atoms with Gasteiger partial charge in [0.1, 0.15) is 0 Å². The first-order chi connectivity index (χ1) is 7.15. The fraction of sp³-hybridized carbons (Fsp3) is 0.600. The minimum Gasteiger partial charge on any atom is -0.436 e. The van der Waals surface area contributed by atoms with E-state index in [9.17, 15) is 4.79 Å². The van der Waals surface area contributed by atoms with E-state index in [1.807, 2.05) is 7.05 Å². The van der Waals surface area contributed by atoms with Crippen LogP contribution < -0.4 is 10.6 Å². The molecule has 1 aromatic heterocycles. The molecule has 0 spiro atoms. The first-order valence-corrected chi connectivity index (χ1v) is 5.02. The number of hydrogen-bond acceptors (Lipinski definition) is 4. The largest absolute Gasteiger partial charge is 0.436 e. The van der Waals surface area contributed by atoms with E-state index < -0.39 is 0 Å². The second-order valence-corrected chi connectivity index (χ2v) is 3.36. The molecular weight excluding hydrogens is 194 g/mol. The third-order valence-electron chi connectivity index (χ3n) is 2.00. The van der Waals surface area contributed by atoms with Gasteiger partial charge in [-0.2, -0.15) is 0 Å². The Kier molecular flexibility index (Phi) is 4.30. The first-order valence-electron chi connectivity index (χ1n) is 5.02. The molecule has 0 aromatic carbocycles. The van der Waals surface area contributed by atoms with Crippen molar-refractivity contribution in [3.8, 4) is 0 Å². The molecule has 5 heteroatoms. The molecule has 1 aromatic rings. The van der Waals surface area contributed by atoms with Crippen LogP contribution in [0.4, 0.5) is 0 Å². The van der Waals surface area contributed by atoms with Gasteiger partial charge in [0.15, 0.2) is 5.89 Å². The minimum atomic E-state index is -0.191. The van der Waals surface area contributed by atoms with Gasteiger partial charge in [0.25, 0.3) is 5.91 Å². The Bertz CT molecular complexity index is 333. The molecule has 1 heterocycles. The molecule has 84 valence electrons. The molecule has 0 saturated heterocycles. The lowest BCUT2D eigenvalue weighted by Gasteiger charge is -2.02. The van der Waals surface area contributed by atoms with Gasteiger partial charge in [-0.15, -0.1) is 0 Å². The Morgan fingerprint density at radius 1 is 1.40 bits per heavy atom. The van der Waals surface area contributed by atoms with E-state index >= 15 is 0 Å². The van der Waals surface area contributed by atoms with Crippen LogP contribution in [-0.4, -0.2) is 31.0 Å². The Hall–Kier alpha value is -1.36. The Morgan fingerprint density at radius 2 is 2.13 bits per heavy atom. The van der Waals surface area contributed by atoms with Crippen molar-refractivity contribution < 1.29 is 9.21 Å². The number of aromatic nitrogens is 1. The van der Waals surface area contributed by atoms with Crippen molar-refractivity contribution in [3.05, 3.63) is 17.3 Å². The molecule has 0 bridgehead atoms. The van der Waals surface area contributed by atoms with Crippen molar-refractivity contribution in [1.29, 1.82) is 0 Å². The summed E-state index contributed by atoms with van der Waals surface area (Å²) in [4.78, 5) is 15.6. The Labute approximate surface area is 89.3 Å². The molecular formula is C10H17N3O2. The van der Waals surface area contributed by atoms with Crippen molar-refractivity contribution in [2.24, 2.45) is 0 Å². The van der Waals surface area contributed by atoms with Crippen LogP contribution in [0.1, 0.15) is 28.6 Å². The molecule has 0 unspecified atom stereocenters. The molecule has 0 saturated carbocycles. The second-order valence-electron chi connectivity index (χ2n) is 3.36. The number of aryl methyl sites for hydroxylation is 2. The van der Waals surface area contributed by atoms with E-state index in [0.717, 1.165) is 13.0 Å². The molecule has 1 amide bonds. The molecule has 0 atom stereocenters. The van der Waals surface area contributed by atoms with Gasteiger partial charge in [0, 0.05) is 13.5 Å². The summed E-state index contributed by atoms with van der Waals surface area (Å²) in [6.07, 6.45) is 0.897. The molecule has 15 heavy (non-hydrogen) atoms. The third-order valence-corrected chi connectivity index (χ3v) is 2.00. The lowest BCUT2D eigenvalue weighted by atomic mass is 10.3. The van der Waals surface area contributed by atoms with Crippen LogP contribution in [0.3, 0.4) is 0 Å². The van der Waals surface area contributed by atoms with Crippen LogP contribution in [0.25, 0.3) is 0 Å². The summed E-state index contributed by atoms with van der Waals surface area (Å²) in [5.74, 6) is 0.647. The topological polar surface area (TPSA) is 67.2 Å². The van der Waals surface area contributed by atoms with Crippen molar-refractivity contribution in [1.82, 2.24) is 15.6 Å². The molecule has 2 N–H and O–H groups in total. The van der Waals surface area contributed by atoms with Gasteiger partial charge < -0.3 is 15.1 Å². The van der Waals surface area contributed by atoms with Crippen LogP contribution in [0.5, 0.6) is 0 Å². The van der Waals surface area contributed by atoms with E-state index in [0.29, 0.717) is 23.9 Å². The number of amides is 1. The highest BCUT2D eigenvalue weighted by molar-refractivity contribution is 5.92. The van der Waals surface area contributed by atoms with E-state index in [1.165, 1.54) is 0 Å². The fourth-order valence-electron chi connectivity index (χ4n) is 1.29. The Morgan fingerprint density at radius 3 is 2.67 bits per heavy atom. The summed E-state index contributed by atoms with van der Waals surface area (Å²) in [5.41, 5.74) is 0.638. The van der Waals surface area contributed by atoms with Crippen LogP contribution >= 0.6 is 0 Å². The lowest BCUT2D eigenvalue weighted by molar-refractivity contribution is 0.0923. The highest BCUT2D eigenvalue weighted by atomic mass is 16.4. The van der Waals surface area contributed by atoms with Crippen LogP contribution in [0.2, 0.25) is 0 Å². The van der Waals surface area contributed by atoms with Crippen molar-refractivity contribution in [2.45, 2.75) is 20.3 Å². The predicted octanol–water partition coefficient (Wildman–Crippen LogP) is 0.631. The van der Waals surface area contributed by atoms with Gasteiger partial charge in [-0.1, -0.05) is 0 Å². The summed E-state index contributed by atoms with van der Waals surface area (Å²) in [7, 11) is 1.88. The monoisotopic (exact) mass is 211 g/mol. The number of carbonyl (C=O) groups excluding carboxylic acids is 1. The quantitative estimate of drug-likeness (QED) is 0.701. The maximum Gasteiger partial charge on any atom is 0.289 e. The number of rotatable bonds is 5. The number of oxazole rings is 1. The number of carbonyl (C=O) groups is 1.